The first-order valence-electron chi connectivity index (χ1n) is 8.87. The van der Waals surface area contributed by atoms with Gasteiger partial charge in [0.25, 0.3) is 0 Å². The summed E-state index contributed by atoms with van der Waals surface area (Å²) in [6, 6.07) is 1.80. The van der Waals surface area contributed by atoms with Crippen LogP contribution in [0.15, 0.2) is 29.2 Å². The molecule has 0 saturated carbocycles. The molecule has 27 heavy (non-hydrogen) atoms. The number of carbonyl (C=O) groups is 1. The highest BCUT2D eigenvalue weighted by Gasteiger charge is 2.28. The van der Waals surface area contributed by atoms with Crippen LogP contribution in [0.25, 0.3) is 11.1 Å². The van der Waals surface area contributed by atoms with E-state index in [9.17, 15) is 4.79 Å². The number of aromatic nitrogens is 4. The Bertz CT molecular complexity index is 950. The molecule has 0 aromatic carbocycles. The molecule has 0 N–H and O–H groups in total. The summed E-state index contributed by atoms with van der Waals surface area (Å²) >= 11 is 0. The third-order valence-electron chi connectivity index (χ3n) is 4.54. The molecule has 0 atom stereocenters. The lowest BCUT2D eigenvalue weighted by atomic mass is 10.1. The molecule has 0 spiro atoms. The van der Waals surface area contributed by atoms with E-state index in [0.717, 1.165) is 32.1 Å². The summed E-state index contributed by atoms with van der Waals surface area (Å²) in [6.07, 6.45) is 4.94. The fraction of sp³-hybridized carbons (Fsp3) is 0.389. The zero-order valence-corrected chi connectivity index (χ0v) is 15.3. The first kappa shape index (κ1) is 17.2. The topological polar surface area (TPSA) is 97.5 Å². The van der Waals surface area contributed by atoms with Crippen molar-refractivity contribution in [2.45, 2.75) is 13.8 Å². The van der Waals surface area contributed by atoms with Crippen molar-refractivity contribution in [1.29, 1.82) is 0 Å². The number of furan rings is 1. The van der Waals surface area contributed by atoms with Gasteiger partial charge in [-0.15, -0.1) is 0 Å². The van der Waals surface area contributed by atoms with Crippen molar-refractivity contribution in [3.8, 4) is 0 Å². The zero-order chi connectivity index (χ0) is 18.8. The van der Waals surface area contributed by atoms with Gasteiger partial charge in [0, 0.05) is 38.6 Å². The van der Waals surface area contributed by atoms with E-state index in [-0.39, 0.29) is 0 Å². The Labute approximate surface area is 156 Å². The van der Waals surface area contributed by atoms with Gasteiger partial charge in [0.15, 0.2) is 0 Å². The smallest absolute Gasteiger partial charge is 0.342 e. The minimum absolute atomic E-state index is 0.295. The fourth-order valence-electron chi connectivity index (χ4n) is 3.29. The second kappa shape index (κ2) is 7.18. The third kappa shape index (κ3) is 3.16. The van der Waals surface area contributed by atoms with Gasteiger partial charge in [0.1, 0.15) is 23.5 Å². The lowest BCUT2D eigenvalue weighted by molar-refractivity contribution is 0.0526. The lowest BCUT2D eigenvalue weighted by Gasteiger charge is -2.35. The number of nitrogens with zero attached hydrogens (tertiary/aromatic N) is 6. The van der Waals surface area contributed by atoms with Crippen LogP contribution in [0.4, 0.5) is 11.8 Å². The molecule has 9 nitrogen and oxygen atoms in total. The van der Waals surface area contributed by atoms with Crippen molar-refractivity contribution in [1.82, 2.24) is 19.9 Å². The highest BCUT2D eigenvalue weighted by Crippen LogP contribution is 2.32. The van der Waals surface area contributed by atoms with Crippen LogP contribution in [0.2, 0.25) is 0 Å². The van der Waals surface area contributed by atoms with Crippen molar-refractivity contribution in [2.75, 3.05) is 42.6 Å². The summed E-state index contributed by atoms with van der Waals surface area (Å²) in [7, 11) is 0. The largest absolute Gasteiger partial charge is 0.462 e. The van der Waals surface area contributed by atoms with E-state index in [1.807, 2.05) is 0 Å². The maximum Gasteiger partial charge on any atom is 0.342 e. The predicted molar refractivity (Wildman–Crippen MR) is 99.0 cm³/mol. The predicted octanol–water partition coefficient (Wildman–Crippen LogP) is 1.82. The van der Waals surface area contributed by atoms with E-state index in [1.165, 1.54) is 6.33 Å². The second-order valence-electron chi connectivity index (χ2n) is 6.15. The average Bonchev–Trinajstić information content (AvgIpc) is 3.05. The fourth-order valence-corrected chi connectivity index (χ4v) is 3.29. The highest BCUT2D eigenvalue weighted by molar-refractivity contribution is 6.07. The van der Waals surface area contributed by atoms with E-state index in [2.05, 4.69) is 29.7 Å². The van der Waals surface area contributed by atoms with E-state index in [1.54, 1.807) is 32.3 Å². The van der Waals surface area contributed by atoms with Gasteiger partial charge in [-0.1, -0.05) is 0 Å². The van der Waals surface area contributed by atoms with Gasteiger partial charge < -0.3 is 19.0 Å². The number of fused-ring (bicyclic) bond motifs is 1. The molecule has 0 aliphatic carbocycles. The van der Waals surface area contributed by atoms with Gasteiger partial charge >= 0.3 is 5.97 Å². The quantitative estimate of drug-likeness (QED) is 0.639. The van der Waals surface area contributed by atoms with Crippen LogP contribution >= 0.6 is 0 Å². The van der Waals surface area contributed by atoms with Crippen molar-refractivity contribution in [2.24, 2.45) is 0 Å². The standard InChI is InChI=1S/C18H20N6O3/c1-3-26-17(25)13-12(2)27-16-14(13)15(21-11-22-16)23-7-9-24(10-8-23)18-19-5-4-6-20-18/h4-6,11H,3,7-10H2,1-2H3. The Morgan fingerprint density at radius 3 is 2.52 bits per heavy atom. The van der Waals surface area contributed by atoms with Crippen LogP contribution in [0.3, 0.4) is 0 Å². The Balaban J connectivity index is 1.64. The maximum absolute atomic E-state index is 12.4. The Morgan fingerprint density at radius 1 is 1.11 bits per heavy atom. The molecule has 4 rings (SSSR count). The Kier molecular flexibility index (Phi) is 4.57. The molecule has 0 unspecified atom stereocenters. The van der Waals surface area contributed by atoms with Gasteiger partial charge in [-0.25, -0.2) is 24.7 Å². The Morgan fingerprint density at radius 2 is 1.81 bits per heavy atom. The Hall–Kier alpha value is -3.23. The highest BCUT2D eigenvalue weighted by atomic mass is 16.5. The first-order chi connectivity index (χ1) is 13.2. The SMILES string of the molecule is CCOC(=O)c1c(C)oc2ncnc(N3CCN(c4ncccn4)CC3)c12. The number of anilines is 2. The molecule has 0 bridgehead atoms. The molecule has 9 heteroatoms. The zero-order valence-electron chi connectivity index (χ0n) is 15.3. The molecule has 4 heterocycles. The summed E-state index contributed by atoms with van der Waals surface area (Å²) in [5, 5.41) is 0.609. The average molecular weight is 368 g/mol. The summed E-state index contributed by atoms with van der Waals surface area (Å²) in [6.45, 7) is 6.75. The third-order valence-corrected chi connectivity index (χ3v) is 4.54. The van der Waals surface area contributed by atoms with Crippen molar-refractivity contribution >= 4 is 28.8 Å². The van der Waals surface area contributed by atoms with Gasteiger partial charge in [0.05, 0.1) is 12.0 Å². The lowest BCUT2D eigenvalue weighted by Crippen LogP contribution is -2.47. The van der Waals surface area contributed by atoms with Gasteiger partial charge in [-0.3, -0.25) is 0 Å². The summed E-state index contributed by atoms with van der Waals surface area (Å²) in [5.74, 6) is 1.48. The monoisotopic (exact) mass is 368 g/mol. The molecule has 3 aromatic rings. The van der Waals surface area contributed by atoms with E-state index in [0.29, 0.717) is 34.8 Å². The van der Waals surface area contributed by atoms with Crippen LogP contribution in [0.5, 0.6) is 0 Å². The molecule has 1 fully saturated rings. The van der Waals surface area contributed by atoms with Crippen molar-refractivity contribution in [3.63, 3.8) is 0 Å². The molecular weight excluding hydrogens is 348 g/mol. The summed E-state index contributed by atoms with van der Waals surface area (Å²) in [5.41, 5.74) is 0.797. The number of hydrogen-bond acceptors (Lipinski definition) is 9. The van der Waals surface area contributed by atoms with E-state index >= 15 is 0 Å². The van der Waals surface area contributed by atoms with Crippen LogP contribution in [-0.2, 0) is 4.74 Å². The number of rotatable bonds is 4. The minimum atomic E-state index is -0.416. The van der Waals surface area contributed by atoms with Crippen molar-refractivity contribution in [3.05, 3.63) is 36.1 Å². The number of ether oxygens (including phenoxy) is 1. The normalized spacial score (nSPS) is 14.6. The molecule has 1 aliphatic rings. The molecule has 3 aromatic heterocycles. The first-order valence-corrected chi connectivity index (χ1v) is 8.87. The van der Waals surface area contributed by atoms with Crippen molar-refractivity contribution < 1.29 is 13.9 Å². The molecule has 0 radical (unpaired) electrons. The van der Waals surface area contributed by atoms with Crippen LogP contribution in [0, 0.1) is 6.92 Å². The number of carbonyl (C=O) groups excluding carboxylic acids is 1. The van der Waals surface area contributed by atoms with Crippen LogP contribution < -0.4 is 9.80 Å². The van der Waals surface area contributed by atoms with Crippen LogP contribution in [-0.4, -0.2) is 58.7 Å². The van der Waals surface area contributed by atoms with E-state index < -0.39 is 5.97 Å². The second-order valence-corrected chi connectivity index (χ2v) is 6.15. The van der Waals surface area contributed by atoms with E-state index in [4.69, 9.17) is 9.15 Å². The molecule has 1 saturated heterocycles. The number of esters is 1. The number of hydrogen-bond donors (Lipinski definition) is 0. The number of piperazine rings is 1. The summed E-state index contributed by atoms with van der Waals surface area (Å²) in [4.78, 5) is 33.9. The molecule has 140 valence electrons. The van der Waals surface area contributed by atoms with Gasteiger partial charge in [-0.05, 0) is 19.9 Å². The molecule has 0 amide bonds. The molecule has 1 aliphatic heterocycles. The maximum atomic E-state index is 12.4. The van der Waals surface area contributed by atoms with Gasteiger partial charge in [-0.2, -0.15) is 0 Å². The van der Waals surface area contributed by atoms with Crippen LogP contribution in [0.1, 0.15) is 23.0 Å². The van der Waals surface area contributed by atoms with Gasteiger partial charge in [0.2, 0.25) is 11.7 Å². The molecular formula is C18H20N6O3. The number of aryl methyl sites for hydroxylation is 1. The summed E-state index contributed by atoms with van der Waals surface area (Å²) < 4.78 is 10.9. The minimum Gasteiger partial charge on any atom is -0.462 e.